The second kappa shape index (κ2) is 7.96. The van der Waals surface area contributed by atoms with Crippen molar-refractivity contribution in [1.29, 1.82) is 0 Å². The number of rotatable bonds is 5. The first kappa shape index (κ1) is 17.2. The summed E-state index contributed by atoms with van der Waals surface area (Å²) < 4.78 is 11.0. The van der Waals surface area contributed by atoms with Gasteiger partial charge in [0, 0.05) is 43.9 Å². The fourth-order valence-electron chi connectivity index (χ4n) is 2.85. The number of likely N-dealkylation sites (tertiary alicyclic amines) is 1. The number of aryl methyl sites for hydroxylation is 1. The van der Waals surface area contributed by atoms with Crippen LogP contribution in [0.4, 0.5) is 0 Å². The van der Waals surface area contributed by atoms with E-state index >= 15 is 0 Å². The molecule has 2 aromatic rings. The van der Waals surface area contributed by atoms with Crippen LogP contribution in [0.1, 0.15) is 35.7 Å². The predicted octanol–water partition coefficient (Wildman–Crippen LogP) is 2.73. The third kappa shape index (κ3) is 4.26. The second-order valence-electron chi connectivity index (χ2n) is 6.07. The Labute approximate surface area is 147 Å². The van der Waals surface area contributed by atoms with E-state index in [-0.39, 0.29) is 12.0 Å². The third-order valence-electron chi connectivity index (χ3n) is 4.41. The standard InChI is InChI=1S/C19H23N3O3/c1-3-14-12-20-19(21-13-14)25-16-7-9-22(10-8-16)18(23)15-5-4-6-17(11-15)24-2/h4-6,11-13,16H,3,7-10H2,1-2H3. The number of piperidine rings is 1. The molecule has 1 aromatic heterocycles. The van der Waals surface area contributed by atoms with Crippen molar-refractivity contribution in [3.8, 4) is 11.8 Å². The van der Waals surface area contributed by atoms with Crippen LogP contribution in [0, 0.1) is 0 Å². The highest BCUT2D eigenvalue weighted by Gasteiger charge is 2.25. The maximum Gasteiger partial charge on any atom is 0.316 e. The van der Waals surface area contributed by atoms with Gasteiger partial charge in [-0.15, -0.1) is 0 Å². The van der Waals surface area contributed by atoms with Crippen LogP contribution in [0.25, 0.3) is 0 Å². The zero-order valence-electron chi connectivity index (χ0n) is 14.6. The Morgan fingerprint density at radius 2 is 1.96 bits per heavy atom. The van der Waals surface area contributed by atoms with Gasteiger partial charge in [0.2, 0.25) is 0 Å². The largest absolute Gasteiger partial charge is 0.497 e. The van der Waals surface area contributed by atoms with Gasteiger partial charge in [0.25, 0.3) is 5.91 Å². The van der Waals surface area contributed by atoms with Gasteiger partial charge in [-0.2, -0.15) is 0 Å². The summed E-state index contributed by atoms with van der Waals surface area (Å²) in [4.78, 5) is 22.9. The Bertz CT molecular complexity index is 710. The molecular formula is C19H23N3O3. The lowest BCUT2D eigenvalue weighted by molar-refractivity contribution is 0.0578. The predicted molar refractivity (Wildman–Crippen MR) is 94.0 cm³/mol. The SMILES string of the molecule is CCc1cnc(OC2CCN(C(=O)c3cccc(OC)c3)CC2)nc1. The summed E-state index contributed by atoms with van der Waals surface area (Å²) in [5.74, 6) is 0.720. The fraction of sp³-hybridized carbons (Fsp3) is 0.421. The van der Waals surface area contributed by atoms with Gasteiger partial charge in [0.15, 0.2) is 0 Å². The molecule has 132 valence electrons. The van der Waals surface area contributed by atoms with E-state index < -0.39 is 0 Å². The van der Waals surface area contributed by atoms with Crippen LogP contribution < -0.4 is 9.47 Å². The van der Waals surface area contributed by atoms with Gasteiger partial charge in [0.05, 0.1) is 7.11 Å². The van der Waals surface area contributed by atoms with Gasteiger partial charge in [0.1, 0.15) is 11.9 Å². The van der Waals surface area contributed by atoms with Crippen molar-refractivity contribution in [3.63, 3.8) is 0 Å². The Balaban J connectivity index is 1.54. The molecule has 0 N–H and O–H groups in total. The molecule has 1 amide bonds. The Hall–Kier alpha value is -2.63. The average Bonchev–Trinajstić information content (AvgIpc) is 2.68. The van der Waals surface area contributed by atoms with E-state index in [0.717, 1.165) is 24.8 Å². The van der Waals surface area contributed by atoms with E-state index in [1.807, 2.05) is 23.1 Å². The van der Waals surface area contributed by atoms with Gasteiger partial charge < -0.3 is 14.4 Å². The highest BCUT2D eigenvalue weighted by Crippen LogP contribution is 2.20. The monoisotopic (exact) mass is 341 g/mol. The van der Waals surface area contributed by atoms with E-state index in [9.17, 15) is 4.79 Å². The second-order valence-corrected chi connectivity index (χ2v) is 6.07. The first-order valence-electron chi connectivity index (χ1n) is 8.60. The molecule has 2 heterocycles. The van der Waals surface area contributed by atoms with Crippen molar-refractivity contribution in [1.82, 2.24) is 14.9 Å². The van der Waals surface area contributed by atoms with E-state index in [4.69, 9.17) is 9.47 Å². The highest BCUT2D eigenvalue weighted by atomic mass is 16.5. The average molecular weight is 341 g/mol. The molecule has 0 radical (unpaired) electrons. The van der Waals surface area contributed by atoms with E-state index in [0.29, 0.717) is 30.4 Å². The quantitative estimate of drug-likeness (QED) is 0.837. The summed E-state index contributed by atoms with van der Waals surface area (Å²) >= 11 is 0. The highest BCUT2D eigenvalue weighted by molar-refractivity contribution is 5.94. The molecule has 1 saturated heterocycles. The number of methoxy groups -OCH3 is 1. The summed E-state index contributed by atoms with van der Waals surface area (Å²) in [6.45, 7) is 3.38. The number of amides is 1. The molecule has 1 aliphatic rings. The smallest absolute Gasteiger partial charge is 0.316 e. The lowest BCUT2D eigenvalue weighted by Crippen LogP contribution is -2.41. The minimum absolute atomic E-state index is 0.0286. The van der Waals surface area contributed by atoms with E-state index in [1.165, 1.54) is 0 Å². The first-order valence-corrected chi connectivity index (χ1v) is 8.60. The number of aromatic nitrogens is 2. The van der Waals surface area contributed by atoms with Gasteiger partial charge in [-0.1, -0.05) is 13.0 Å². The zero-order chi connectivity index (χ0) is 17.6. The van der Waals surface area contributed by atoms with Gasteiger partial charge in [-0.05, 0) is 30.2 Å². The summed E-state index contributed by atoms with van der Waals surface area (Å²) in [6, 6.07) is 7.67. The molecule has 6 nitrogen and oxygen atoms in total. The van der Waals surface area contributed by atoms with Crippen molar-refractivity contribution < 1.29 is 14.3 Å². The molecule has 0 saturated carbocycles. The molecule has 0 atom stereocenters. The number of carbonyl (C=O) groups is 1. The van der Waals surface area contributed by atoms with Crippen LogP contribution in [0.15, 0.2) is 36.7 Å². The summed E-state index contributed by atoms with van der Waals surface area (Å²) in [6.07, 6.45) is 6.09. The number of benzene rings is 1. The molecule has 6 heteroatoms. The normalized spacial score (nSPS) is 15.0. The lowest BCUT2D eigenvalue weighted by atomic mass is 10.1. The van der Waals surface area contributed by atoms with Gasteiger partial charge in [-0.3, -0.25) is 4.79 Å². The topological polar surface area (TPSA) is 64.5 Å². The molecule has 1 fully saturated rings. The zero-order valence-corrected chi connectivity index (χ0v) is 14.6. The Morgan fingerprint density at radius 1 is 1.24 bits per heavy atom. The number of carbonyl (C=O) groups excluding carboxylic acids is 1. The molecule has 3 rings (SSSR count). The van der Waals surface area contributed by atoms with Crippen molar-refractivity contribution in [3.05, 3.63) is 47.8 Å². The summed E-state index contributed by atoms with van der Waals surface area (Å²) in [5.41, 5.74) is 1.74. The summed E-state index contributed by atoms with van der Waals surface area (Å²) in [7, 11) is 1.60. The number of hydrogen-bond donors (Lipinski definition) is 0. The maximum atomic E-state index is 12.6. The van der Waals surface area contributed by atoms with E-state index in [1.54, 1.807) is 25.6 Å². The molecule has 0 unspecified atom stereocenters. The van der Waals surface area contributed by atoms with Crippen molar-refractivity contribution in [2.75, 3.05) is 20.2 Å². The summed E-state index contributed by atoms with van der Waals surface area (Å²) in [5, 5.41) is 0. The number of hydrogen-bond acceptors (Lipinski definition) is 5. The van der Waals surface area contributed by atoms with Crippen molar-refractivity contribution >= 4 is 5.91 Å². The fourth-order valence-corrected chi connectivity index (χ4v) is 2.85. The van der Waals surface area contributed by atoms with Crippen molar-refractivity contribution in [2.24, 2.45) is 0 Å². The number of ether oxygens (including phenoxy) is 2. The molecule has 25 heavy (non-hydrogen) atoms. The van der Waals surface area contributed by atoms with Gasteiger partial charge in [-0.25, -0.2) is 9.97 Å². The van der Waals surface area contributed by atoms with Crippen LogP contribution in [-0.2, 0) is 6.42 Å². The van der Waals surface area contributed by atoms with E-state index in [2.05, 4.69) is 16.9 Å². The van der Waals surface area contributed by atoms with Crippen LogP contribution in [0.2, 0.25) is 0 Å². The molecule has 0 bridgehead atoms. The lowest BCUT2D eigenvalue weighted by Gasteiger charge is -2.31. The number of nitrogens with zero attached hydrogens (tertiary/aromatic N) is 3. The minimum atomic E-state index is 0.0286. The molecule has 0 spiro atoms. The Kier molecular flexibility index (Phi) is 5.48. The maximum absolute atomic E-state index is 12.6. The molecule has 0 aliphatic carbocycles. The van der Waals surface area contributed by atoms with Crippen LogP contribution in [0.5, 0.6) is 11.8 Å². The third-order valence-corrected chi connectivity index (χ3v) is 4.41. The Morgan fingerprint density at radius 3 is 2.60 bits per heavy atom. The van der Waals surface area contributed by atoms with Crippen LogP contribution >= 0.6 is 0 Å². The molecular weight excluding hydrogens is 318 g/mol. The first-order chi connectivity index (χ1) is 12.2. The molecule has 1 aliphatic heterocycles. The van der Waals surface area contributed by atoms with Crippen LogP contribution in [0.3, 0.4) is 0 Å². The van der Waals surface area contributed by atoms with Gasteiger partial charge >= 0.3 is 6.01 Å². The van der Waals surface area contributed by atoms with Crippen LogP contribution in [-0.4, -0.2) is 47.1 Å². The molecule has 1 aromatic carbocycles. The van der Waals surface area contributed by atoms with Crippen molar-refractivity contribution in [2.45, 2.75) is 32.3 Å². The minimum Gasteiger partial charge on any atom is -0.497 e.